The summed E-state index contributed by atoms with van der Waals surface area (Å²) >= 11 is 1.29. The first-order chi connectivity index (χ1) is 13.1. The zero-order chi connectivity index (χ0) is 19.2. The minimum atomic E-state index is -0.318. The highest BCUT2D eigenvalue weighted by molar-refractivity contribution is 7.99. The number of methoxy groups -OCH3 is 1. The first-order valence-electron chi connectivity index (χ1n) is 8.30. The second-order valence-corrected chi connectivity index (χ2v) is 6.79. The predicted octanol–water partition coefficient (Wildman–Crippen LogP) is 3.55. The van der Waals surface area contributed by atoms with Gasteiger partial charge < -0.3 is 14.4 Å². The van der Waals surface area contributed by atoms with Gasteiger partial charge in [0.15, 0.2) is 10.9 Å². The normalized spacial score (nSPS) is 10.8. The van der Waals surface area contributed by atoms with Crippen molar-refractivity contribution in [3.05, 3.63) is 77.4 Å². The van der Waals surface area contributed by atoms with E-state index in [9.17, 15) is 14.3 Å². The number of aliphatic hydroxyl groups is 1. The molecule has 0 aliphatic carbocycles. The molecule has 0 fully saturated rings. The Balaban J connectivity index is 1.72. The Labute approximate surface area is 160 Å². The Bertz CT molecular complexity index is 925. The Morgan fingerprint density at radius 2 is 2.04 bits per heavy atom. The van der Waals surface area contributed by atoms with Gasteiger partial charge in [-0.3, -0.25) is 4.79 Å². The van der Waals surface area contributed by atoms with Gasteiger partial charge in [-0.2, -0.15) is 0 Å². The number of rotatable bonds is 8. The van der Waals surface area contributed by atoms with Crippen LogP contribution in [0.15, 0.2) is 59.9 Å². The highest BCUT2D eigenvalue weighted by atomic mass is 32.2. The number of aromatic nitrogens is 2. The lowest BCUT2D eigenvalue weighted by molar-refractivity contribution is 0.102. The van der Waals surface area contributed by atoms with Crippen molar-refractivity contribution in [2.75, 3.05) is 12.9 Å². The summed E-state index contributed by atoms with van der Waals surface area (Å²) in [5.41, 5.74) is 1.96. The number of halogens is 1. The van der Waals surface area contributed by atoms with Gasteiger partial charge in [0, 0.05) is 5.56 Å². The molecule has 1 heterocycles. The molecule has 7 heteroatoms. The maximum absolute atomic E-state index is 13.4. The molecule has 140 valence electrons. The van der Waals surface area contributed by atoms with E-state index in [-0.39, 0.29) is 24.0 Å². The molecule has 0 aliphatic rings. The van der Waals surface area contributed by atoms with E-state index in [1.165, 1.54) is 23.9 Å². The lowest BCUT2D eigenvalue weighted by atomic mass is 10.1. The van der Waals surface area contributed by atoms with Crippen LogP contribution < -0.4 is 4.74 Å². The average molecular weight is 386 g/mol. The summed E-state index contributed by atoms with van der Waals surface area (Å²) in [6.07, 6.45) is 1.57. The molecule has 0 radical (unpaired) electrons. The molecule has 0 bridgehead atoms. The minimum absolute atomic E-state index is 0.0338. The number of nitrogens with zero attached hydrogens (tertiary/aromatic N) is 2. The van der Waals surface area contributed by atoms with E-state index in [1.807, 2.05) is 0 Å². The molecule has 27 heavy (non-hydrogen) atoms. The molecule has 2 aromatic carbocycles. The van der Waals surface area contributed by atoms with Gasteiger partial charge in [0.2, 0.25) is 0 Å². The molecule has 0 saturated carbocycles. The van der Waals surface area contributed by atoms with Crippen molar-refractivity contribution >= 4 is 17.5 Å². The van der Waals surface area contributed by atoms with Gasteiger partial charge >= 0.3 is 0 Å². The van der Waals surface area contributed by atoms with Crippen molar-refractivity contribution in [3.63, 3.8) is 0 Å². The molecule has 0 spiro atoms. The van der Waals surface area contributed by atoms with E-state index in [1.54, 1.807) is 54.3 Å². The number of Topliss-reactive ketones (excluding diaryl/α,β-unsaturated/α-hetero) is 1. The molecule has 0 aliphatic heterocycles. The maximum Gasteiger partial charge on any atom is 0.173 e. The highest BCUT2D eigenvalue weighted by Crippen LogP contribution is 2.22. The number of carbonyl (C=O) groups excluding carboxylic acids is 1. The van der Waals surface area contributed by atoms with Gasteiger partial charge in [-0.1, -0.05) is 23.9 Å². The van der Waals surface area contributed by atoms with Crippen LogP contribution in [0.2, 0.25) is 0 Å². The Kier molecular flexibility index (Phi) is 6.26. The molecule has 1 N–H and O–H groups in total. The van der Waals surface area contributed by atoms with Crippen LogP contribution in [-0.2, 0) is 13.2 Å². The van der Waals surface area contributed by atoms with Gasteiger partial charge in [0.25, 0.3) is 0 Å². The molecule has 0 atom stereocenters. The third kappa shape index (κ3) is 4.75. The van der Waals surface area contributed by atoms with Crippen molar-refractivity contribution in [1.82, 2.24) is 9.55 Å². The fourth-order valence-corrected chi connectivity index (χ4v) is 3.50. The van der Waals surface area contributed by atoms with Crippen LogP contribution in [0.5, 0.6) is 5.75 Å². The number of hydrogen-bond acceptors (Lipinski definition) is 5. The van der Waals surface area contributed by atoms with Crippen LogP contribution in [-0.4, -0.2) is 33.3 Å². The molecule has 1 aromatic heterocycles. The number of ketones is 1. The zero-order valence-electron chi connectivity index (χ0n) is 14.8. The average Bonchev–Trinajstić information content (AvgIpc) is 3.07. The fourth-order valence-electron chi connectivity index (χ4n) is 2.61. The molecular formula is C20H19FN2O3S. The van der Waals surface area contributed by atoms with Gasteiger partial charge in [-0.25, -0.2) is 9.37 Å². The number of benzene rings is 2. The third-order valence-corrected chi connectivity index (χ3v) is 5.03. The summed E-state index contributed by atoms with van der Waals surface area (Å²) in [7, 11) is 1.57. The van der Waals surface area contributed by atoms with Gasteiger partial charge in [-0.15, -0.1) is 0 Å². The summed E-state index contributed by atoms with van der Waals surface area (Å²) in [4.78, 5) is 16.7. The fraction of sp³-hybridized carbons (Fsp3) is 0.200. The van der Waals surface area contributed by atoms with Crippen molar-refractivity contribution in [3.8, 4) is 5.75 Å². The largest absolute Gasteiger partial charge is 0.497 e. The standard InChI is InChI=1S/C20H19FN2O3S/c1-26-18-7-5-15(6-8-18)19(25)13-27-20-22-10-17(12-24)23(20)11-14-3-2-4-16(21)9-14/h2-10,24H,11-13H2,1H3. The van der Waals surface area contributed by atoms with E-state index < -0.39 is 0 Å². The van der Waals surface area contributed by atoms with E-state index in [0.717, 1.165) is 5.56 Å². The first kappa shape index (κ1) is 19.1. The van der Waals surface area contributed by atoms with Crippen LogP contribution in [0.1, 0.15) is 21.6 Å². The van der Waals surface area contributed by atoms with Crippen LogP contribution in [0.3, 0.4) is 0 Å². The second-order valence-electron chi connectivity index (χ2n) is 5.85. The third-order valence-electron chi connectivity index (χ3n) is 4.04. The van der Waals surface area contributed by atoms with Crippen molar-refractivity contribution < 1.29 is 19.0 Å². The molecule has 3 aromatic rings. The molecule has 3 rings (SSSR count). The number of carbonyl (C=O) groups is 1. The Morgan fingerprint density at radius 3 is 2.70 bits per heavy atom. The lowest BCUT2D eigenvalue weighted by Gasteiger charge is -2.11. The quantitative estimate of drug-likeness (QED) is 0.474. The minimum Gasteiger partial charge on any atom is -0.497 e. The number of ether oxygens (including phenoxy) is 1. The molecule has 0 amide bonds. The summed E-state index contributed by atoms with van der Waals surface area (Å²) in [6.45, 7) is 0.183. The number of imidazole rings is 1. The predicted molar refractivity (Wildman–Crippen MR) is 102 cm³/mol. The SMILES string of the molecule is COc1ccc(C(=O)CSc2ncc(CO)n2Cc2cccc(F)c2)cc1. The van der Waals surface area contributed by atoms with Gasteiger partial charge in [0.1, 0.15) is 11.6 Å². The summed E-state index contributed by atoms with van der Waals surface area (Å²) in [5.74, 6) is 0.546. The van der Waals surface area contributed by atoms with Crippen LogP contribution in [0.25, 0.3) is 0 Å². The second kappa shape index (κ2) is 8.83. The smallest absolute Gasteiger partial charge is 0.173 e. The van der Waals surface area contributed by atoms with E-state index in [2.05, 4.69) is 4.98 Å². The van der Waals surface area contributed by atoms with Crippen molar-refractivity contribution in [2.24, 2.45) is 0 Å². The number of hydrogen-bond donors (Lipinski definition) is 1. The lowest BCUT2D eigenvalue weighted by Crippen LogP contribution is -2.08. The topological polar surface area (TPSA) is 64.3 Å². The van der Waals surface area contributed by atoms with Gasteiger partial charge in [0.05, 0.1) is 37.9 Å². The summed E-state index contributed by atoms with van der Waals surface area (Å²) < 4.78 is 20.3. The van der Waals surface area contributed by atoms with Crippen LogP contribution in [0, 0.1) is 5.82 Å². The maximum atomic E-state index is 13.4. The first-order valence-corrected chi connectivity index (χ1v) is 9.29. The summed E-state index contributed by atoms with van der Waals surface area (Å²) in [5, 5.41) is 10.1. The van der Waals surface area contributed by atoms with E-state index in [4.69, 9.17) is 4.74 Å². The molecule has 5 nitrogen and oxygen atoms in total. The van der Waals surface area contributed by atoms with Crippen molar-refractivity contribution in [1.29, 1.82) is 0 Å². The highest BCUT2D eigenvalue weighted by Gasteiger charge is 2.14. The Morgan fingerprint density at radius 1 is 1.26 bits per heavy atom. The molecular weight excluding hydrogens is 367 g/mol. The van der Waals surface area contributed by atoms with E-state index in [0.29, 0.717) is 28.7 Å². The monoisotopic (exact) mass is 386 g/mol. The van der Waals surface area contributed by atoms with Gasteiger partial charge in [-0.05, 0) is 42.0 Å². The molecule has 0 saturated heterocycles. The van der Waals surface area contributed by atoms with Crippen LogP contribution in [0.4, 0.5) is 4.39 Å². The summed E-state index contributed by atoms with van der Waals surface area (Å²) in [6, 6.07) is 13.2. The van der Waals surface area contributed by atoms with E-state index >= 15 is 0 Å². The zero-order valence-corrected chi connectivity index (χ0v) is 15.6. The molecule has 0 unspecified atom stereocenters. The van der Waals surface area contributed by atoms with Crippen LogP contribution >= 0.6 is 11.8 Å². The number of aliphatic hydroxyl groups excluding tert-OH is 1. The van der Waals surface area contributed by atoms with Crippen molar-refractivity contribution in [2.45, 2.75) is 18.3 Å². The Hall–Kier alpha value is -2.64. The number of thioether (sulfide) groups is 1.